The van der Waals surface area contributed by atoms with Gasteiger partial charge in [-0.25, -0.2) is 0 Å². The summed E-state index contributed by atoms with van der Waals surface area (Å²) in [6.45, 7) is 2.37. The van der Waals surface area contributed by atoms with Crippen LogP contribution >= 0.6 is 12.4 Å². The molecule has 6 nitrogen and oxygen atoms in total. The first-order valence-corrected chi connectivity index (χ1v) is 8.24. The number of methoxy groups -OCH3 is 1. The molecule has 1 aromatic carbocycles. The molecule has 1 aromatic heterocycles. The molecule has 0 bridgehead atoms. The summed E-state index contributed by atoms with van der Waals surface area (Å²) in [6, 6.07) is 12.2. The van der Waals surface area contributed by atoms with Crippen molar-refractivity contribution < 1.29 is 9.53 Å². The minimum Gasteiger partial charge on any atom is -0.383 e. The Balaban J connectivity index is 0.00000312. The Bertz CT molecular complexity index is 619. The largest absolute Gasteiger partial charge is 0.383 e. The van der Waals surface area contributed by atoms with E-state index in [2.05, 4.69) is 21.6 Å². The molecule has 2 rings (SSSR count). The molecule has 0 saturated carbocycles. The minimum absolute atomic E-state index is 0. The predicted octanol–water partition coefficient (Wildman–Crippen LogP) is 2.13. The average molecular weight is 367 g/mol. The Morgan fingerprint density at radius 3 is 2.80 bits per heavy atom. The van der Waals surface area contributed by atoms with Gasteiger partial charge in [0.05, 0.1) is 18.8 Å². The summed E-state index contributed by atoms with van der Waals surface area (Å²) in [5, 5.41) is 10.5. The third-order valence-electron chi connectivity index (χ3n) is 3.83. The first-order chi connectivity index (χ1) is 11.7. The third kappa shape index (κ3) is 7.25. The number of nitrogens with zero attached hydrogens (tertiary/aromatic N) is 2. The van der Waals surface area contributed by atoms with Gasteiger partial charge in [0.15, 0.2) is 0 Å². The van der Waals surface area contributed by atoms with E-state index in [4.69, 9.17) is 4.74 Å². The van der Waals surface area contributed by atoms with Gasteiger partial charge in [-0.2, -0.15) is 5.10 Å². The summed E-state index contributed by atoms with van der Waals surface area (Å²) < 4.78 is 4.94. The molecule has 7 heteroatoms. The van der Waals surface area contributed by atoms with Crippen molar-refractivity contribution in [2.45, 2.75) is 12.8 Å². The van der Waals surface area contributed by atoms with Gasteiger partial charge in [0.2, 0.25) is 5.91 Å². The topological polar surface area (TPSA) is 70.2 Å². The lowest BCUT2D eigenvalue weighted by molar-refractivity contribution is -0.129. The second-order valence-electron chi connectivity index (χ2n) is 5.73. The Labute approximate surface area is 155 Å². The van der Waals surface area contributed by atoms with Crippen LogP contribution in [0.4, 0.5) is 0 Å². The molecule has 0 saturated heterocycles. The fourth-order valence-electron chi connectivity index (χ4n) is 2.38. The number of aromatic amines is 1. The van der Waals surface area contributed by atoms with Crippen LogP contribution in [0.5, 0.6) is 0 Å². The van der Waals surface area contributed by atoms with E-state index in [-0.39, 0.29) is 18.3 Å². The number of halogens is 1. The number of aromatic nitrogens is 2. The number of amides is 1. The van der Waals surface area contributed by atoms with Gasteiger partial charge in [-0.05, 0) is 18.9 Å². The maximum Gasteiger partial charge on any atom is 0.236 e. The monoisotopic (exact) mass is 366 g/mol. The standard InChI is InChI=1S/C18H26N4O2.ClH/c1-22(18(23)14-19-10-12-24-2)11-6-9-16-13-17(21-20-16)15-7-4-3-5-8-15;/h3-5,7-8,13,19H,6,9-12,14H2,1-2H3,(H,20,21);1H. The zero-order valence-electron chi connectivity index (χ0n) is 14.8. The molecule has 0 unspecified atom stereocenters. The van der Waals surface area contributed by atoms with Crippen LogP contribution in [-0.2, 0) is 16.0 Å². The van der Waals surface area contributed by atoms with E-state index >= 15 is 0 Å². The van der Waals surface area contributed by atoms with Gasteiger partial charge < -0.3 is 15.0 Å². The number of ether oxygens (including phenoxy) is 1. The van der Waals surface area contributed by atoms with Gasteiger partial charge >= 0.3 is 0 Å². The molecule has 0 aliphatic carbocycles. The van der Waals surface area contributed by atoms with Crippen LogP contribution in [0.1, 0.15) is 12.1 Å². The van der Waals surface area contributed by atoms with Crippen LogP contribution < -0.4 is 5.32 Å². The van der Waals surface area contributed by atoms with Crippen molar-refractivity contribution >= 4 is 18.3 Å². The average Bonchev–Trinajstić information content (AvgIpc) is 3.08. The lowest BCUT2D eigenvalue weighted by atomic mass is 10.1. The lowest BCUT2D eigenvalue weighted by Crippen LogP contribution is -2.37. The van der Waals surface area contributed by atoms with Crippen molar-refractivity contribution in [2.24, 2.45) is 0 Å². The Morgan fingerprint density at radius 1 is 1.32 bits per heavy atom. The molecule has 138 valence electrons. The van der Waals surface area contributed by atoms with Crippen LogP contribution in [0.2, 0.25) is 0 Å². The van der Waals surface area contributed by atoms with Crippen molar-refractivity contribution in [3.8, 4) is 11.3 Å². The highest BCUT2D eigenvalue weighted by Gasteiger charge is 2.08. The van der Waals surface area contributed by atoms with Crippen molar-refractivity contribution in [1.29, 1.82) is 0 Å². The highest BCUT2D eigenvalue weighted by molar-refractivity contribution is 5.85. The molecule has 0 radical (unpaired) electrons. The molecule has 0 aliphatic heterocycles. The molecular formula is C18H27ClN4O2. The van der Waals surface area contributed by atoms with E-state index in [1.807, 2.05) is 37.4 Å². The van der Waals surface area contributed by atoms with E-state index < -0.39 is 0 Å². The second-order valence-corrected chi connectivity index (χ2v) is 5.73. The fraction of sp³-hybridized carbons (Fsp3) is 0.444. The maximum absolute atomic E-state index is 11.9. The van der Waals surface area contributed by atoms with E-state index in [9.17, 15) is 4.79 Å². The molecule has 1 amide bonds. The third-order valence-corrected chi connectivity index (χ3v) is 3.83. The van der Waals surface area contributed by atoms with Crippen LogP contribution in [0.15, 0.2) is 36.4 Å². The molecule has 0 atom stereocenters. The molecule has 0 spiro atoms. The van der Waals surface area contributed by atoms with Crippen molar-refractivity contribution in [3.05, 3.63) is 42.1 Å². The Kier molecular flexibility index (Phi) is 9.84. The van der Waals surface area contributed by atoms with Crippen molar-refractivity contribution in [2.75, 3.05) is 40.4 Å². The maximum atomic E-state index is 11.9. The minimum atomic E-state index is 0. The second kappa shape index (κ2) is 11.6. The lowest BCUT2D eigenvalue weighted by Gasteiger charge is -2.17. The van der Waals surface area contributed by atoms with Crippen LogP contribution in [-0.4, -0.2) is 61.4 Å². The molecule has 2 N–H and O–H groups in total. The van der Waals surface area contributed by atoms with E-state index in [1.54, 1.807) is 12.0 Å². The molecule has 25 heavy (non-hydrogen) atoms. The van der Waals surface area contributed by atoms with Gasteiger partial charge in [-0.3, -0.25) is 9.89 Å². The number of nitrogens with one attached hydrogen (secondary N) is 2. The van der Waals surface area contributed by atoms with Gasteiger partial charge in [-0.15, -0.1) is 12.4 Å². The summed E-state index contributed by atoms with van der Waals surface area (Å²) in [4.78, 5) is 13.7. The van der Waals surface area contributed by atoms with Crippen molar-refractivity contribution in [1.82, 2.24) is 20.4 Å². The first-order valence-electron chi connectivity index (χ1n) is 8.24. The Hall–Kier alpha value is -1.89. The molecule has 0 aliphatic rings. The summed E-state index contributed by atoms with van der Waals surface area (Å²) in [5.41, 5.74) is 3.15. The highest BCUT2D eigenvalue weighted by atomic mass is 35.5. The van der Waals surface area contributed by atoms with Crippen LogP contribution in [0, 0.1) is 0 Å². The molecule has 2 aromatic rings. The number of hydrogen-bond donors (Lipinski definition) is 2. The quantitative estimate of drug-likeness (QED) is 0.632. The zero-order chi connectivity index (χ0) is 17.2. The van der Waals surface area contributed by atoms with E-state index in [1.165, 1.54) is 0 Å². The SMILES string of the molecule is COCCNCC(=O)N(C)CCCc1cc(-c2ccccc2)n[nH]1.Cl. The number of benzene rings is 1. The predicted molar refractivity (Wildman–Crippen MR) is 102 cm³/mol. The number of carbonyl (C=O) groups is 1. The van der Waals surface area contributed by atoms with Gasteiger partial charge in [0.25, 0.3) is 0 Å². The van der Waals surface area contributed by atoms with Crippen LogP contribution in [0.25, 0.3) is 11.3 Å². The summed E-state index contributed by atoms with van der Waals surface area (Å²) in [7, 11) is 3.48. The summed E-state index contributed by atoms with van der Waals surface area (Å²) in [5.74, 6) is 0.0979. The van der Waals surface area contributed by atoms with Gasteiger partial charge in [0.1, 0.15) is 0 Å². The number of likely N-dealkylation sites (N-methyl/N-ethyl adjacent to an activating group) is 1. The number of aryl methyl sites for hydroxylation is 1. The first kappa shape index (κ1) is 21.2. The number of rotatable bonds is 10. The van der Waals surface area contributed by atoms with Gasteiger partial charge in [0, 0.05) is 38.5 Å². The Morgan fingerprint density at radius 2 is 2.08 bits per heavy atom. The van der Waals surface area contributed by atoms with Crippen molar-refractivity contribution in [3.63, 3.8) is 0 Å². The fourth-order valence-corrected chi connectivity index (χ4v) is 2.38. The summed E-state index contributed by atoms with van der Waals surface area (Å²) in [6.07, 6.45) is 1.77. The number of H-pyrrole nitrogens is 1. The molecule has 1 heterocycles. The summed E-state index contributed by atoms with van der Waals surface area (Å²) >= 11 is 0. The van der Waals surface area contributed by atoms with E-state index in [0.29, 0.717) is 19.7 Å². The van der Waals surface area contributed by atoms with Crippen LogP contribution in [0.3, 0.4) is 0 Å². The molecule has 0 fully saturated rings. The highest BCUT2D eigenvalue weighted by Crippen LogP contribution is 2.17. The number of hydrogen-bond acceptors (Lipinski definition) is 4. The molecular weight excluding hydrogens is 340 g/mol. The number of carbonyl (C=O) groups excluding carboxylic acids is 1. The van der Waals surface area contributed by atoms with Gasteiger partial charge in [-0.1, -0.05) is 30.3 Å². The smallest absolute Gasteiger partial charge is 0.236 e. The normalized spacial score (nSPS) is 10.3. The zero-order valence-corrected chi connectivity index (χ0v) is 15.6. The van der Waals surface area contributed by atoms with E-state index in [0.717, 1.165) is 36.3 Å².